The molecule has 0 aliphatic carbocycles. The van der Waals surface area contributed by atoms with Crippen LogP contribution in [0.15, 0.2) is 40.7 Å². The SMILES string of the molecule is CN=c1scc(-c2cc(C)n(-c3ccc(C)cc3)c2C)n1C. The van der Waals surface area contributed by atoms with Crippen molar-refractivity contribution in [3.63, 3.8) is 0 Å². The highest BCUT2D eigenvalue weighted by Gasteiger charge is 2.14. The minimum atomic E-state index is 1.04. The highest BCUT2D eigenvalue weighted by Crippen LogP contribution is 2.29. The van der Waals surface area contributed by atoms with E-state index in [2.05, 4.69) is 77.7 Å². The molecule has 3 aromatic rings. The summed E-state index contributed by atoms with van der Waals surface area (Å²) in [6.07, 6.45) is 0. The maximum absolute atomic E-state index is 4.32. The zero-order valence-corrected chi connectivity index (χ0v) is 14.5. The van der Waals surface area contributed by atoms with Gasteiger partial charge in [0.15, 0.2) is 4.80 Å². The van der Waals surface area contributed by atoms with Gasteiger partial charge in [-0.1, -0.05) is 17.7 Å². The van der Waals surface area contributed by atoms with Gasteiger partial charge in [0, 0.05) is 42.1 Å². The molecule has 0 N–H and O–H groups in total. The van der Waals surface area contributed by atoms with Gasteiger partial charge in [0.25, 0.3) is 0 Å². The molecule has 0 bridgehead atoms. The monoisotopic (exact) mass is 311 g/mol. The van der Waals surface area contributed by atoms with E-state index >= 15 is 0 Å². The van der Waals surface area contributed by atoms with E-state index < -0.39 is 0 Å². The minimum Gasteiger partial charge on any atom is -0.320 e. The topological polar surface area (TPSA) is 22.2 Å². The number of hydrogen-bond acceptors (Lipinski definition) is 2. The summed E-state index contributed by atoms with van der Waals surface area (Å²) < 4.78 is 4.47. The number of hydrogen-bond donors (Lipinski definition) is 0. The van der Waals surface area contributed by atoms with Crippen molar-refractivity contribution in [3.8, 4) is 16.9 Å². The first kappa shape index (κ1) is 14.9. The Morgan fingerprint density at radius 2 is 1.73 bits per heavy atom. The first-order valence-corrected chi connectivity index (χ1v) is 8.24. The molecule has 3 rings (SSSR count). The van der Waals surface area contributed by atoms with E-state index in [0.717, 1.165) is 4.80 Å². The van der Waals surface area contributed by atoms with Crippen LogP contribution in [-0.2, 0) is 7.05 Å². The molecule has 114 valence electrons. The molecule has 2 aromatic heterocycles. The van der Waals surface area contributed by atoms with Crippen LogP contribution in [0.25, 0.3) is 16.9 Å². The molecule has 0 saturated heterocycles. The quantitative estimate of drug-likeness (QED) is 0.682. The number of nitrogens with zero attached hydrogens (tertiary/aromatic N) is 3. The van der Waals surface area contributed by atoms with Crippen molar-refractivity contribution in [2.24, 2.45) is 12.0 Å². The maximum Gasteiger partial charge on any atom is 0.184 e. The molecule has 2 heterocycles. The molecule has 0 spiro atoms. The van der Waals surface area contributed by atoms with Crippen LogP contribution < -0.4 is 4.80 Å². The van der Waals surface area contributed by atoms with Gasteiger partial charge >= 0.3 is 0 Å². The first-order chi connectivity index (χ1) is 10.5. The van der Waals surface area contributed by atoms with E-state index in [-0.39, 0.29) is 0 Å². The van der Waals surface area contributed by atoms with Gasteiger partial charge in [0.1, 0.15) is 0 Å². The van der Waals surface area contributed by atoms with Gasteiger partial charge < -0.3 is 9.13 Å². The van der Waals surface area contributed by atoms with Crippen molar-refractivity contribution in [3.05, 3.63) is 57.5 Å². The van der Waals surface area contributed by atoms with Crippen LogP contribution in [0.4, 0.5) is 0 Å². The third-order valence-corrected chi connectivity index (χ3v) is 5.12. The Bertz CT molecular complexity index is 876. The molecule has 0 amide bonds. The Labute approximate surface area is 135 Å². The summed E-state index contributed by atoms with van der Waals surface area (Å²) in [5, 5.41) is 2.18. The number of thiazole rings is 1. The smallest absolute Gasteiger partial charge is 0.184 e. The molecular formula is C18H21N3S. The minimum absolute atomic E-state index is 1.04. The van der Waals surface area contributed by atoms with E-state index in [0.29, 0.717) is 0 Å². The standard InChI is InChI=1S/C18H21N3S/c1-12-6-8-15(9-7-12)21-13(2)10-16(14(21)3)17-11-22-18(19-4)20(17)5/h6-11H,1-5H3. The fourth-order valence-corrected chi connectivity index (χ4v) is 3.79. The Kier molecular flexibility index (Phi) is 3.79. The fraction of sp³-hybridized carbons (Fsp3) is 0.278. The third-order valence-electron chi connectivity index (χ3n) is 4.11. The molecule has 3 nitrogen and oxygen atoms in total. The lowest BCUT2D eigenvalue weighted by molar-refractivity contribution is 0.873. The van der Waals surface area contributed by atoms with Crippen LogP contribution in [0.3, 0.4) is 0 Å². The first-order valence-electron chi connectivity index (χ1n) is 7.36. The number of rotatable bonds is 2. The van der Waals surface area contributed by atoms with E-state index in [1.165, 1.54) is 33.9 Å². The van der Waals surface area contributed by atoms with Crippen LogP contribution in [-0.4, -0.2) is 16.2 Å². The predicted molar refractivity (Wildman–Crippen MR) is 93.8 cm³/mol. The van der Waals surface area contributed by atoms with Gasteiger partial charge in [-0.3, -0.25) is 4.99 Å². The highest BCUT2D eigenvalue weighted by molar-refractivity contribution is 7.07. The average molecular weight is 311 g/mol. The van der Waals surface area contributed by atoms with Gasteiger partial charge in [-0.05, 0) is 39.0 Å². The zero-order valence-electron chi connectivity index (χ0n) is 13.7. The Morgan fingerprint density at radius 1 is 1.05 bits per heavy atom. The molecule has 0 fully saturated rings. The lowest BCUT2D eigenvalue weighted by Crippen LogP contribution is -2.11. The average Bonchev–Trinajstić information content (AvgIpc) is 3.00. The highest BCUT2D eigenvalue weighted by atomic mass is 32.1. The van der Waals surface area contributed by atoms with Crippen LogP contribution >= 0.6 is 11.3 Å². The number of aromatic nitrogens is 2. The second-order valence-corrected chi connectivity index (χ2v) is 6.48. The molecule has 0 aliphatic rings. The van der Waals surface area contributed by atoms with Crippen molar-refractivity contribution < 1.29 is 0 Å². The maximum atomic E-state index is 4.32. The summed E-state index contributed by atoms with van der Waals surface area (Å²) in [7, 11) is 3.91. The zero-order chi connectivity index (χ0) is 15.9. The van der Waals surface area contributed by atoms with Gasteiger partial charge in [-0.25, -0.2) is 0 Å². The van der Waals surface area contributed by atoms with Crippen LogP contribution in [0.2, 0.25) is 0 Å². The van der Waals surface area contributed by atoms with Crippen molar-refractivity contribution >= 4 is 11.3 Å². The van der Waals surface area contributed by atoms with Crippen LogP contribution in [0.1, 0.15) is 17.0 Å². The van der Waals surface area contributed by atoms with E-state index in [4.69, 9.17) is 0 Å². The molecular weight excluding hydrogens is 290 g/mol. The third kappa shape index (κ3) is 2.33. The van der Waals surface area contributed by atoms with E-state index in [9.17, 15) is 0 Å². The summed E-state index contributed by atoms with van der Waals surface area (Å²) in [4.78, 5) is 5.35. The van der Waals surface area contributed by atoms with Gasteiger partial charge in [0.2, 0.25) is 0 Å². The lowest BCUT2D eigenvalue weighted by atomic mass is 10.2. The summed E-state index contributed by atoms with van der Waals surface area (Å²) in [6, 6.07) is 10.9. The molecule has 22 heavy (non-hydrogen) atoms. The van der Waals surface area contributed by atoms with E-state index in [1.807, 2.05) is 7.05 Å². The van der Waals surface area contributed by atoms with Gasteiger partial charge in [0.05, 0.1) is 5.69 Å². The van der Waals surface area contributed by atoms with Gasteiger partial charge in [-0.15, -0.1) is 11.3 Å². The number of benzene rings is 1. The summed E-state index contributed by atoms with van der Waals surface area (Å²) in [5.74, 6) is 0. The summed E-state index contributed by atoms with van der Waals surface area (Å²) in [5.41, 5.74) is 7.49. The van der Waals surface area contributed by atoms with Crippen LogP contribution in [0.5, 0.6) is 0 Å². The van der Waals surface area contributed by atoms with Gasteiger partial charge in [-0.2, -0.15) is 0 Å². The van der Waals surface area contributed by atoms with E-state index in [1.54, 1.807) is 11.3 Å². The normalized spacial score (nSPS) is 12.1. The molecule has 0 atom stereocenters. The lowest BCUT2D eigenvalue weighted by Gasteiger charge is -2.10. The van der Waals surface area contributed by atoms with Crippen molar-refractivity contribution in [1.82, 2.24) is 9.13 Å². The predicted octanol–water partition coefficient (Wildman–Crippen LogP) is 4.00. The molecule has 0 radical (unpaired) electrons. The second kappa shape index (κ2) is 5.61. The molecule has 1 aromatic carbocycles. The largest absolute Gasteiger partial charge is 0.320 e. The Balaban J connectivity index is 2.18. The van der Waals surface area contributed by atoms with Crippen molar-refractivity contribution in [2.75, 3.05) is 7.05 Å². The van der Waals surface area contributed by atoms with Crippen LogP contribution in [0, 0.1) is 20.8 Å². The molecule has 4 heteroatoms. The number of aryl methyl sites for hydroxylation is 2. The summed E-state index contributed by atoms with van der Waals surface area (Å²) >= 11 is 1.68. The van der Waals surface area contributed by atoms with Crippen molar-refractivity contribution in [1.29, 1.82) is 0 Å². The Hall–Kier alpha value is -2.07. The van der Waals surface area contributed by atoms with Crippen molar-refractivity contribution in [2.45, 2.75) is 20.8 Å². The fourth-order valence-electron chi connectivity index (χ4n) is 2.93. The second-order valence-electron chi connectivity index (χ2n) is 5.64. The molecule has 0 unspecified atom stereocenters. The Morgan fingerprint density at radius 3 is 2.32 bits per heavy atom. The molecule has 0 saturated carbocycles. The molecule has 0 aliphatic heterocycles. The summed E-state index contributed by atoms with van der Waals surface area (Å²) in [6.45, 7) is 6.46.